The number of hydrogen-bond donors (Lipinski definition) is 2. The molecule has 0 saturated heterocycles. The lowest BCUT2D eigenvalue weighted by Gasteiger charge is -2.10. The van der Waals surface area contributed by atoms with Crippen LogP contribution >= 0.6 is 35.3 Å². The van der Waals surface area contributed by atoms with Crippen LogP contribution in [0, 0.1) is 19.8 Å². The lowest BCUT2D eigenvalue weighted by atomic mass is 10.3. The first-order chi connectivity index (χ1) is 8.69. The molecule has 19 heavy (non-hydrogen) atoms. The first kappa shape index (κ1) is 16.7. The topological polar surface area (TPSA) is 49.3 Å². The summed E-state index contributed by atoms with van der Waals surface area (Å²) in [7, 11) is 1.81. The lowest BCUT2D eigenvalue weighted by Crippen LogP contribution is -2.37. The van der Waals surface area contributed by atoms with Gasteiger partial charge in [0.2, 0.25) is 0 Å². The van der Waals surface area contributed by atoms with Gasteiger partial charge in [0.15, 0.2) is 5.96 Å². The normalized spacial score (nSPS) is 15.0. The summed E-state index contributed by atoms with van der Waals surface area (Å²) in [5.74, 6) is 1.83. The van der Waals surface area contributed by atoms with Gasteiger partial charge in [-0.2, -0.15) is 0 Å². The number of guanidine groups is 1. The quantitative estimate of drug-likeness (QED) is 0.459. The van der Waals surface area contributed by atoms with E-state index in [2.05, 4.69) is 34.5 Å². The molecule has 1 aliphatic carbocycles. The molecule has 0 amide bonds. The standard InChI is InChI=1S/C13H22N4S.HI/c1-9-10(2)18-12(17-9)8-16-13(14-3)15-7-6-11-4-5-11;/h11H,4-8H2,1-3H3,(H2,14,15,16);1H. The molecule has 1 aromatic rings. The van der Waals surface area contributed by atoms with Crippen molar-refractivity contribution in [3.63, 3.8) is 0 Å². The average molecular weight is 394 g/mol. The highest BCUT2D eigenvalue weighted by Crippen LogP contribution is 2.31. The Labute approximate surface area is 136 Å². The first-order valence-electron chi connectivity index (χ1n) is 6.56. The summed E-state index contributed by atoms with van der Waals surface area (Å²) in [6, 6.07) is 0. The van der Waals surface area contributed by atoms with Crippen LogP contribution in [0.1, 0.15) is 34.8 Å². The second kappa shape index (κ2) is 8.04. The maximum absolute atomic E-state index is 4.51. The van der Waals surface area contributed by atoms with Gasteiger partial charge in [-0.15, -0.1) is 35.3 Å². The predicted molar refractivity (Wildman–Crippen MR) is 92.5 cm³/mol. The zero-order chi connectivity index (χ0) is 13.0. The Morgan fingerprint density at radius 2 is 2.11 bits per heavy atom. The number of aliphatic imine (C=N–C) groups is 1. The van der Waals surface area contributed by atoms with Gasteiger partial charge in [0.1, 0.15) is 5.01 Å². The fraction of sp³-hybridized carbons (Fsp3) is 0.692. The Morgan fingerprint density at radius 3 is 2.63 bits per heavy atom. The first-order valence-corrected chi connectivity index (χ1v) is 7.38. The fourth-order valence-corrected chi connectivity index (χ4v) is 2.67. The molecular weight excluding hydrogens is 371 g/mol. The third kappa shape index (κ3) is 5.64. The zero-order valence-corrected chi connectivity index (χ0v) is 15.0. The molecule has 2 rings (SSSR count). The summed E-state index contributed by atoms with van der Waals surface area (Å²) in [5.41, 5.74) is 1.13. The highest BCUT2D eigenvalue weighted by molar-refractivity contribution is 14.0. The van der Waals surface area contributed by atoms with Crippen LogP contribution in [-0.2, 0) is 6.54 Å². The number of aryl methyl sites for hydroxylation is 2. The number of rotatable bonds is 5. The summed E-state index contributed by atoms with van der Waals surface area (Å²) in [4.78, 5) is 10.0. The van der Waals surface area contributed by atoms with Crippen molar-refractivity contribution < 1.29 is 0 Å². The van der Waals surface area contributed by atoms with E-state index in [4.69, 9.17) is 0 Å². The van der Waals surface area contributed by atoms with E-state index in [1.807, 2.05) is 7.05 Å². The maximum atomic E-state index is 4.51. The van der Waals surface area contributed by atoms with E-state index >= 15 is 0 Å². The Balaban J connectivity index is 0.00000180. The van der Waals surface area contributed by atoms with Gasteiger partial charge in [-0.3, -0.25) is 4.99 Å². The summed E-state index contributed by atoms with van der Waals surface area (Å²) >= 11 is 1.75. The number of thiazole rings is 1. The monoisotopic (exact) mass is 394 g/mol. The average Bonchev–Trinajstić information content (AvgIpc) is 3.11. The van der Waals surface area contributed by atoms with Crippen molar-refractivity contribution in [2.45, 2.75) is 39.7 Å². The van der Waals surface area contributed by atoms with Crippen LogP contribution in [0.3, 0.4) is 0 Å². The number of aromatic nitrogens is 1. The number of halogens is 1. The van der Waals surface area contributed by atoms with Crippen LogP contribution in [0.15, 0.2) is 4.99 Å². The van der Waals surface area contributed by atoms with Crippen molar-refractivity contribution in [2.75, 3.05) is 13.6 Å². The van der Waals surface area contributed by atoms with Crippen LogP contribution in [-0.4, -0.2) is 24.5 Å². The van der Waals surface area contributed by atoms with Gasteiger partial charge in [0.05, 0.1) is 12.2 Å². The smallest absolute Gasteiger partial charge is 0.191 e. The lowest BCUT2D eigenvalue weighted by molar-refractivity contribution is 0.684. The van der Waals surface area contributed by atoms with E-state index < -0.39 is 0 Å². The Bertz CT molecular complexity index is 407. The van der Waals surface area contributed by atoms with E-state index in [1.54, 1.807) is 11.3 Å². The molecule has 1 aromatic heterocycles. The van der Waals surface area contributed by atoms with Crippen LogP contribution in [0.4, 0.5) is 0 Å². The van der Waals surface area contributed by atoms with Crippen LogP contribution < -0.4 is 10.6 Å². The van der Waals surface area contributed by atoms with Gasteiger partial charge in [0.25, 0.3) is 0 Å². The molecule has 4 nitrogen and oxygen atoms in total. The molecule has 0 spiro atoms. The molecule has 1 heterocycles. The van der Waals surface area contributed by atoms with Crippen molar-refractivity contribution in [3.8, 4) is 0 Å². The molecule has 1 aliphatic rings. The van der Waals surface area contributed by atoms with Crippen molar-refractivity contribution in [3.05, 3.63) is 15.6 Å². The van der Waals surface area contributed by atoms with Gasteiger partial charge in [-0.05, 0) is 26.2 Å². The molecule has 0 unspecified atom stereocenters. The van der Waals surface area contributed by atoms with Crippen molar-refractivity contribution in [1.29, 1.82) is 0 Å². The van der Waals surface area contributed by atoms with Gasteiger partial charge in [-0.25, -0.2) is 4.98 Å². The van der Waals surface area contributed by atoms with E-state index in [1.165, 1.54) is 24.1 Å². The van der Waals surface area contributed by atoms with Crippen molar-refractivity contribution >= 4 is 41.3 Å². The minimum atomic E-state index is 0. The molecule has 0 aromatic carbocycles. The Hall–Kier alpha value is -0.370. The maximum Gasteiger partial charge on any atom is 0.191 e. The fourth-order valence-electron chi connectivity index (χ4n) is 1.80. The van der Waals surface area contributed by atoms with E-state index in [-0.39, 0.29) is 24.0 Å². The predicted octanol–water partition coefficient (Wildman–Crippen LogP) is 2.84. The van der Waals surface area contributed by atoms with E-state index in [9.17, 15) is 0 Å². The molecule has 1 fully saturated rings. The summed E-state index contributed by atoms with van der Waals surface area (Å²) in [6.07, 6.45) is 4.08. The molecular formula is C13H23IN4S. The molecule has 6 heteroatoms. The second-order valence-corrected chi connectivity index (χ2v) is 6.12. The molecule has 0 aliphatic heterocycles. The van der Waals surface area contributed by atoms with Crippen LogP contribution in [0.25, 0.3) is 0 Å². The minimum absolute atomic E-state index is 0. The molecule has 1 saturated carbocycles. The van der Waals surface area contributed by atoms with Gasteiger partial charge >= 0.3 is 0 Å². The summed E-state index contributed by atoms with van der Waals surface area (Å²) < 4.78 is 0. The zero-order valence-electron chi connectivity index (χ0n) is 11.8. The highest BCUT2D eigenvalue weighted by Gasteiger charge is 2.20. The largest absolute Gasteiger partial charge is 0.356 e. The van der Waals surface area contributed by atoms with Crippen LogP contribution in [0.2, 0.25) is 0 Å². The third-order valence-electron chi connectivity index (χ3n) is 3.25. The number of nitrogens with zero attached hydrogens (tertiary/aromatic N) is 2. The number of hydrogen-bond acceptors (Lipinski definition) is 3. The third-order valence-corrected chi connectivity index (χ3v) is 4.32. The van der Waals surface area contributed by atoms with Crippen LogP contribution in [0.5, 0.6) is 0 Å². The Morgan fingerprint density at radius 1 is 1.37 bits per heavy atom. The molecule has 0 atom stereocenters. The SMILES string of the molecule is CN=C(NCCC1CC1)NCc1nc(C)c(C)s1.I. The minimum Gasteiger partial charge on any atom is -0.356 e. The Kier molecular flexibility index (Phi) is 7.06. The van der Waals surface area contributed by atoms with Crippen molar-refractivity contribution in [2.24, 2.45) is 10.9 Å². The summed E-state index contributed by atoms with van der Waals surface area (Å²) in [5, 5.41) is 7.78. The molecule has 2 N–H and O–H groups in total. The summed E-state index contributed by atoms with van der Waals surface area (Å²) in [6.45, 7) is 5.93. The number of nitrogens with one attached hydrogen (secondary N) is 2. The van der Waals surface area contributed by atoms with Gasteiger partial charge in [0, 0.05) is 18.5 Å². The van der Waals surface area contributed by atoms with E-state index in [0.29, 0.717) is 0 Å². The van der Waals surface area contributed by atoms with Crippen molar-refractivity contribution in [1.82, 2.24) is 15.6 Å². The molecule has 108 valence electrons. The molecule has 0 radical (unpaired) electrons. The van der Waals surface area contributed by atoms with Gasteiger partial charge in [-0.1, -0.05) is 12.8 Å². The molecule has 0 bridgehead atoms. The van der Waals surface area contributed by atoms with Gasteiger partial charge < -0.3 is 10.6 Å². The highest BCUT2D eigenvalue weighted by atomic mass is 127. The van der Waals surface area contributed by atoms with E-state index in [0.717, 1.165) is 35.7 Å². The second-order valence-electron chi connectivity index (χ2n) is 4.83.